The second-order valence-corrected chi connectivity index (χ2v) is 6.79. The van der Waals surface area contributed by atoms with Crippen LogP contribution in [0.4, 0.5) is 0 Å². The Labute approximate surface area is 149 Å². The van der Waals surface area contributed by atoms with Crippen LogP contribution >= 0.6 is 0 Å². The molecule has 5 nitrogen and oxygen atoms in total. The van der Waals surface area contributed by atoms with Crippen molar-refractivity contribution in [3.63, 3.8) is 0 Å². The van der Waals surface area contributed by atoms with Crippen LogP contribution in [0.5, 0.6) is 0 Å². The summed E-state index contributed by atoms with van der Waals surface area (Å²) in [5, 5.41) is 2.82. The molecule has 1 aliphatic heterocycles. The van der Waals surface area contributed by atoms with Crippen LogP contribution in [0.1, 0.15) is 48.1 Å². The minimum Gasteiger partial charge on any atom is -0.447 e. The Morgan fingerprint density at radius 2 is 2.04 bits per heavy atom. The number of piperidine rings is 1. The molecule has 1 saturated heterocycles. The zero-order chi connectivity index (χ0) is 17.5. The summed E-state index contributed by atoms with van der Waals surface area (Å²) < 4.78 is 5.48. The third kappa shape index (κ3) is 5.16. The van der Waals surface area contributed by atoms with Gasteiger partial charge in [0.05, 0.1) is 6.54 Å². The van der Waals surface area contributed by atoms with Gasteiger partial charge in [0.25, 0.3) is 5.91 Å². The van der Waals surface area contributed by atoms with E-state index in [1.54, 1.807) is 0 Å². The van der Waals surface area contributed by atoms with Crippen LogP contribution < -0.4 is 5.32 Å². The Bertz CT molecular complexity index is 661. The molecule has 1 N–H and O–H groups in total. The van der Waals surface area contributed by atoms with E-state index < -0.39 is 0 Å². The molecule has 0 aliphatic carbocycles. The van der Waals surface area contributed by atoms with Gasteiger partial charge in [-0.05, 0) is 50.3 Å². The van der Waals surface area contributed by atoms with Crippen LogP contribution in [0, 0.1) is 5.92 Å². The van der Waals surface area contributed by atoms with E-state index in [4.69, 9.17) is 4.42 Å². The highest BCUT2D eigenvalue weighted by molar-refractivity contribution is 5.91. The van der Waals surface area contributed by atoms with Crippen molar-refractivity contribution in [2.75, 3.05) is 19.6 Å². The van der Waals surface area contributed by atoms with Crippen molar-refractivity contribution in [1.82, 2.24) is 15.2 Å². The zero-order valence-electron chi connectivity index (χ0n) is 14.9. The summed E-state index contributed by atoms with van der Waals surface area (Å²) in [6.07, 6.45) is 5.92. The quantitative estimate of drug-likeness (QED) is 0.840. The SMILES string of the molecule is CCCNC(=O)c1coc(CN2CCC(Cc3ccccc3)CC2)n1. The van der Waals surface area contributed by atoms with Gasteiger partial charge in [0, 0.05) is 6.54 Å². The number of oxazole rings is 1. The van der Waals surface area contributed by atoms with Crippen molar-refractivity contribution in [2.24, 2.45) is 5.92 Å². The standard InChI is InChI=1S/C20H27N3O2/c1-2-10-21-20(24)18-15-25-19(22-18)14-23-11-8-17(9-12-23)13-16-6-4-3-5-7-16/h3-7,15,17H,2,8-14H2,1H3,(H,21,24). The van der Waals surface area contributed by atoms with E-state index in [9.17, 15) is 4.79 Å². The summed E-state index contributed by atoms with van der Waals surface area (Å²) >= 11 is 0. The highest BCUT2D eigenvalue weighted by Crippen LogP contribution is 2.22. The minimum absolute atomic E-state index is 0.154. The van der Waals surface area contributed by atoms with Gasteiger partial charge in [-0.2, -0.15) is 0 Å². The van der Waals surface area contributed by atoms with Gasteiger partial charge in [-0.25, -0.2) is 4.98 Å². The second-order valence-electron chi connectivity index (χ2n) is 6.79. The molecular formula is C20H27N3O2. The fraction of sp³-hybridized carbons (Fsp3) is 0.500. The molecule has 3 rings (SSSR count). The lowest BCUT2D eigenvalue weighted by Gasteiger charge is -2.31. The van der Waals surface area contributed by atoms with E-state index in [-0.39, 0.29) is 5.91 Å². The number of hydrogen-bond acceptors (Lipinski definition) is 4. The third-order valence-electron chi connectivity index (χ3n) is 4.75. The average molecular weight is 341 g/mol. The summed E-state index contributed by atoms with van der Waals surface area (Å²) in [6, 6.07) is 10.7. The topological polar surface area (TPSA) is 58.4 Å². The van der Waals surface area contributed by atoms with Crippen molar-refractivity contribution >= 4 is 5.91 Å². The first-order chi connectivity index (χ1) is 12.2. The number of amides is 1. The molecule has 25 heavy (non-hydrogen) atoms. The van der Waals surface area contributed by atoms with Gasteiger partial charge < -0.3 is 9.73 Å². The third-order valence-corrected chi connectivity index (χ3v) is 4.75. The molecule has 0 atom stereocenters. The average Bonchev–Trinajstić information content (AvgIpc) is 3.11. The normalized spacial score (nSPS) is 16.0. The Kier molecular flexibility index (Phi) is 6.23. The molecule has 0 bridgehead atoms. The number of rotatable bonds is 7. The maximum absolute atomic E-state index is 11.9. The van der Waals surface area contributed by atoms with E-state index >= 15 is 0 Å². The summed E-state index contributed by atoms with van der Waals surface area (Å²) in [4.78, 5) is 18.6. The van der Waals surface area contributed by atoms with E-state index in [0.29, 0.717) is 24.7 Å². The zero-order valence-corrected chi connectivity index (χ0v) is 14.9. The molecule has 1 aliphatic rings. The van der Waals surface area contributed by atoms with Gasteiger partial charge in [-0.3, -0.25) is 9.69 Å². The van der Waals surface area contributed by atoms with Crippen molar-refractivity contribution in [3.8, 4) is 0 Å². The van der Waals surface area contributed by atoms with Gasteiger partial charge in [-0.1, -0.05) is 37.3 Å². The Morgan fingerprint density at radius 1 is 1.28 bits per heavy atom. The molecule has 2 aromatic rings. The van der Waals surface area contributed by atoms with Crippen molar-refractivity contribution in [2.45, 2.75) is 39.2 Å². The molecule has 0 radical (unpaired) electrons. The Hall–Kier alpha value is -2.14. The van der Waals surface area contributed by atoms with Gasteiger partial charge >= 0.3 is 0 Å². The summed E-state index contributed by atoms with van der Waals surface area (Å²) in [5.74, 6) is 1.22. The van der Waals surface area contributed by atoms with E-state index in [1.165, 1.54) is 24.7 Å². The number of carbonyl (C=O) groups is 1. The molecular weight excluding hydrogens is 314 g/mol. The van der Waals surface area contributed by atoms with E-state index in [0.717, 1.165) is 31.8 Å². The van der Waals surface area contributed by atoms with E-state index in [1.807, 2.05) is 6.92 Å². The number of hydrogen-bond donors (Lipinski definition) is 1. The van der Waals surface area contributed by atoms with Crippen LogP contribution in [0.25, 0.3) is 0 Å². The molecule has 134 valence electrons. The van der Waals surface area contributed by atoms with E-state index in [2.05, 4.69) is 45.5 Å². The maximum Gasteiger partial charge on any atom is 0.273 e. The summed E-state index contributed by atoms with van der Waals surface area (Å²) in [6.45, 7) is 5.47. The smallest absolute Gasteiger partial charge is 0.273 e. The van der Waals surface area contributed by atoms with Gasteiger partial charge in [0.15, 0.2) is 5.69 Å². The maximum atomic E-state index is 11.9. The summed E-state index contributed by atoms with van der Waals surface area (Å²) in [5.41, 5.74) is 1.80. The Morgan fingerprint density at radius 3 is 2.76 bits per heavy atom. The van der Waals surface area contributed by atoms with Crippen LogP contribution in [-0.4, -0.2) is 35.4 Å². The van der Waals surface area contributed by atoms with Gasteiger partial charge in [0.1, 0.15) is 6.26 Å². The lowest BCUT2D eigenvalue weighted by atomic mass is 9.90. The molecule has 0 saturated carbocycles. The van der Waals surface area contributed by atoms with Crippen LogP contribution in [0.15, 0.2) is 41.0 Å². The van der Waals surface area contributed by atoms with Crippen molar-refractivity contribution in [3.05, 3.63) is 53.7 Å². The van der Waals surface area contributed by atoms with Crippen molar-refractivity contribution < 1.29 is 9.21 Å². The minimum atomic E-state index is -0.154. The first-order valence-corrected chi connectivity index (χ1v) is 9.23. The lowest BCUT2D eigenvalue weighted by Crippen LogP contribution is -2.34. The number of nitrogens with zero attached hydrogens (tertiary/aromatic N) is 2. The van der Waals surface area contributed by atoms with Crippen molar-refractivity contribution in [1.29, 1.82) is 0 Å². The predicted molar refractivity (Wildman–Crippen MR) is 97.3 cm³/mol. The predicted octanol–water partition coefficient (Wildman–Crippen LogP) is 3.27. The van der Waals surface area contributed by atoms with Crippen LogP contribution in [0.3, 0.4) is 0 Å². The molecule has 2 heterocycles. The van der Waals surface area contributed by atoms with Crippen LogP contribution in [0.2, 0.25) is 0 Å². The Balaban J connectivity index is 1.44. The molecule has 1 amide bonds. The molecule has 0 unspecified atom stereocenters. The highest BCUT2D eigenvalue weighted by Gasteiger charge is 2.21. The first kappa shape index (κ1) is 17.7. The number of benzene rings is 1. The fourth-order valence-corrected chi connectivity index (χ4v) is 3.30. The highest BCUT2D eigenvalue weighted by atomic mass is 16.3. The van der Waals surface area contributed by atoms with Crippen LogP contribution in [-0.2, 0) is 13.0 Å². The molecule has 5 heteroatoms. The number of likely N-dealkylation sites (tertiary alicyclic amines) is 1. The molecule has 1 aromatic heterocycles. The first-order valence-electron chi connectivity index (χ1n) is 9.23. The monoisotopic (exact) mass is 341 g/mol. The molecule has 1 fully saturated rings. The number of aromatic nitrogens is 1. The van der Waals surface area contributed by atoms with Gasteiger partial charge in [0.2, 0.25) is 5.89 Å². The van der Waals surface area contributed by atoms with Gasteiger partial charge in [-0.15, -0.1) is 0 Å². The molecule has 1 aromatic carbocycles. The second kappa shape index (κ2) is 8.81. The number of carbonyl (C=O) groups excluding carboxylic acids is 1. The number of nitrogens with one attached hydrogen (secondary N) is 1. The largest absolute Gasteiger partial charge is 0.447 e. The molecule has 0 spiro atoms. The lowest BCUT2D eigenvalue weighted by molar-refractivity contribution is 0.0948. The fourth-order valence-electron chi connectivity index (χ4n) is 3.30. The summed E-state index contributed by atoms with van der Waals surface area (Å²) in [7, 11) is 0.